The van der Waals surface area contributed by atoms with E-state index in [9.17, 15) is 0 Å². The molecule has 0 aromatic heterocycles. The predicted octanol–water partition coefficient (Wildman–Crippen LogP) is 5.01. The molecule has 28 heavy (non-hydrogen) atoms. The van der Waals surface area contributed by atoms with E-state index >= 15 is 0 Å². The topological polar surface area (TPSA) is 70.9 Å². The number of para-hydroxylation sites is 1. The molecule has 0 amide bonds. The number of rotatable bonds is 4. The quantitative estimate of drug-likeness (QED) is 0.582. The van der Waals surface area contributed by atoms with E-state index in [1.807, 2.05) is 78.9 Å². The molecule has 0 saturated heterocycles. The number of hydrogen-bond donors (Lipinski definition) is 0. The molecule has 0 N–H and O–H groups in total. The zero-order valence-corrected chi connectivity index (χ0v) is 15.4. The summed E-state index contributed by atoms with van der Waals surface area (Å²) in [7, 11) is -4.66. The van der Waals surface area contributed by atoms with Gasteiger partial charge in [-0.3, -0.25) is 0 Å². The first-order valence-corrected chi connectivity index (χ1v) is 10.4. The van der Waals surface area contributed by atoms with Gasteiger partial charge in [0.15, 0.2) is 0 Å². The van der Waals surface area contributed by atoms with Crippen molar-refractivity contribution in [3.05, 3.63) is 102 Å². The van der Waals surface area contributed by atoms with Crippen molar-refractivity contribution >= 4 is 19.5 Å². The van der Waals surface area contributed by atoms with Crippen molar-refractivity contribution in [2.45, 2.75) is 0 Å². The average molecular weight is 394 g/mol. The van der Waals surface area contributed by atoms with Gasteiger partial charge in [-0.25, -0.2) is 0 Å². The van der Waals surface area contributed by atoms with Crippen molar-refractivity contribution in [2.75, 3.05) is 0 Å². The second kappa shape index (κ2) is 6.25. The summed E-state index contributed by atoms with van der Waals surface area (Å²) < 4.78 is 29.3. The van der Waals surface area contributed by atoms with Crippen molar-refractivity contribution in [2.24, 2.45) is 10.3 Å². The van der Waals surface area contributed by atoms with Crippen LogP contribution in [0.4, 0.5) is 0 Å². The summed E-state index contributed by atoms with van der Waals surface area (Å²) in [6, 6.07) is 27.5. The monoisotopic (exact) mass is 394 g/mol. The van der Waals surface area contributed by atoms with Gasteiger partial charge in [0, 0.05) is 0 Å². The van der Waals surface area contributed by atoms with Crippen LogP contribution in [0, 0.1) is 0 Å². The molecular formula is C20H15N2O5P. The Hall–Kier alpha value is -3.57. The van der Waals surface area contributed by atoms with Gasteiger partial charge in [-0.2, -0.15) is 0 Å². The number of oxime groups is 2. The molecule has 140 valence electrons. The van der Waals surface area contributed by atoms with Gasteiger partial charge in [0.05, 0.1) is 0 Å². The number of hydrogen-bond acceptors (Lipinski definition) is 7. The Balaban J connectivity index is 1.51. The minimum absolute atomic E-state index is 0.193. The Labute approximate surface area is 161 Å². The van der Waals surface area contributed by atoms with Crippen LogP contribution in [0.1, 0.15) is 11.1 Å². The normalized spacial score (nSPS) is 19.6. The molecule has 2 aliphatic heterocycles. The molecule has 2 aliphatic rings. The molecule has 8 heteroatoms. The van der Waals surface area contributed by atoms with Crippen molar-refractivity contribution in [3.63, 3.8) is 0 Å². The van der Waals surface area contributed by atoms with Crippen molar-refractivity contribution in [1.29, 1.82) is 0 Å². The fourth-order valence-electron chi connectivity index (χ4n) is 2.72. The van der Waals surface area contributed by atoms with E-state index in [4.69, 9.17) is 22.8 Å². The van der Waals surface area contributed by atoms with Crippen LogP contribution in [0.2, 0.25) is 0 Å². The van der Waals surface area contributed by atoms with Crippen LogP contribution in [0.25, 0.3) is 0 Å². The Bertz CT molecular complexity index is 992. The third kappa shape index (κ3) is 2.82. The van der Waals surface area contributed by atoms with Crippen LogP contribution in [0.15, 0.2) is 101 Å². The van der Waals surface area contributed by atoms with Crippen LogP contribution in [-0.2, 0) is 18.3 Å². The van der Waals surface area contributed by atoms with Crippen LogP contribution in [0.5, 0.6) is 5.75 Å². The number of nitrogens with zero attached hydrogens (tertiary/aromatic N) is 2. The van der Waals surface area contributed by atoms with Crippen LogP contribution in [0.3, 0.4) is 0 Å². The molecule has 0 radical (unpaired) electrons. The fraction of sp³-hybridized carbons (Fsp3) is 0. The zero-order valence-electron chi connectivity index (χ0n) is 14.5. The SMILES string of the molecule is c1ccc(OP23(ON=C(c4ccccc4)O2)ON=C(c2ccccc2)O3)cc1. The van der Waals surface area contributed by atoms with Crippen LogP contribution >= 0.6 is 7.74 Å². The third-order valence-corrected chi connectivity index (χ3v) is 6.17. The first-order chi connectivity index (χ1) is 13.7. The van der Waals surface area contributed by atoms with E-state index in [0.29, 0.717) is 16.9 Å². The van der Waals surface area contributed by atoms with Crippen molar-refractivity contribution < 1.29 is 22.8 Å². The molecule has 0 saturated carbocycles. The van der Waals surface area contributed by atoms with E-state index in [0.717, 1.165) is 0 Å². The molecule has 3 aromatic rings. The van der Waals surface area contributed by atoms with Crippen molar-refractivity contribution in [1.82, 2.24) is 0 Å². The first kappa shape index (κ1) is 16.6. The average Bonchev–Trinajstić information content (AvgIpc) is 3.32. The summed E-state index contributed by atoms with van der Waals surface area (Å²) in [5.74, 6) is 0.826. The second-order valence-electron chi connectivity index (χ2n) is 6.02. The summed E-state index contributed by atoms with van der Waals surface area (Å²) in [6.07, 6.45) is 0. The van der Waals surface area contributed by atoms with E-state index < -0.39 is 7.74 Å². The van der Waals surface area contributed by atoms with Gasteiger partial charge in [0.25, 0.3) is 0 Å². The first-order valence-electron chi connectivity index (χ1n) is 8.57. The van der Waals surface area contributed by atoms with Gasteiger partial charge in [-0.05, 0) is 0 Å². The van der Waals surface area contributed by atoms with Gasteiger partial charge < -0.3 is 0 Å². The standard InChI is InChI=1S/C20H15N2O5P/c1-4-10-16(11-5-1)19-21-26-28(24-19,23-18-14-8-3-9-15-18)25-20(22-27-28)17-12-6-2-7-13-17/h1-15H. The molecule has 0 fully saturated rings. The predicted molar refractivity (Wildman–Crippen MR) is 104 cm³/mol. The molecular weight excluding hydrogens is 379 g/mol. The summed E-state index contributed by atoms with van der Waals surface area (Å²) >= 11 is 0. The van der Waals surface area contributed by atoms with Gasteiger partial charge in [-0.15, -0.1) is 0 Å². The Kier molecular flexibility index (Phi) is 3.70. The van der Waals surface area contributed by atoms with Crippen LogP contribution < -0.4 is 4.52 Å². The van der Waals surface area contributed by atoms with E-state index in [2.05, 4.69) is 10.3 Å². The third-order valence-electron chi connectivity index (χ3n) is 4.02. The fourth-order valence-corrected chi connectivity index (χ4v) is 4.78. The molecule has 5 rings (SSSR count). The van der Waals surface area contributed by atoms with Gasteiger partial charge in [-0.1, -0.05) is 0 Å². The number of benzene rings is 3. The maximum absolute atomic E-state index is 6.03. The van der Waals surface area contributed by atoms with E-state index in [1.165, 1.54) is 0 Å². The van der Waals surface area contributed by atoms with Gasteiger partial charge in [0.1, 0.15) is 0 Å². The van der Waals surface area contributed by atoms with E-state index in [-0.39, 0.29) is 11.8 Å². The zero-order chi connectivity index (χ0) is 18.9. The summed E-state index contributed by atoms with van der Waals surface area (Å²) in [5.41, 5.74) is 1.39. The van der Waals surface area contributed by atoms with Crippen LogP contribution in [-0.4, -0.2) is 11.8 Å². The van der Waals surface area contributed by atoms with Crippen molar-refractivity contribution in [3.8, 4) is 5.75 Å². The van der Waals surface area contributed by atoms with Gasteiger partial charge in [0.2, 0.25) is 0 Å². The molecule has 1 spiro atoms. The Morgan fingerprint density at radius 2 is 1.00 bits per heavy atom. The molecule has 0 atom stereocenters. The molecule has 7 nitrogen and oxygen atoms in total. The summed E-state index contributed by atoms with van der Waals surface area (Å²) in [6.45, 7) is 0. The Morgan fingerprint density at radius 1 is 0.571 bits per heavy atom. The molecule has 0 unspecified atom stereocenters. The summed E-state index contributed by atoms with van der Waals surface area (Å²) in [4.78, 5) is 0. The maximum atomic E-state index is 6.03. The van der Waals surface area contributed by atoms with E-state index in [1.54, 1.807) is 12.1 Å². The van der Waals surface area contributed by atoms with Gasteiger partial charge >= 0.3 is 161 Å². The molecule has 0 bridgehead atoms. The second-order valence-corrected chi connectivity index (χ2v) is 8.39. The molecule has 3 aromatic carbocycles. The summed E-state index contributed by atoms with van der Waals surface area (Å²) in [5, 5.41) is 8.08. The minimum atomic E-state index is -4.66. The molecule has 2 heterocycles. The molecule has 0 aliphatic carbocycles. The Morgan fingerprint density at radius 3 is 1.46 bits per heavy atom.